The number of imide groups is 1. The molecule has 7 heteroatoms. The molecule has 3 amide bonds. The zero-order valence-electron chi connectivity index (χ0n) is 12.8. The lowest BCUT2D eigenvalue weighted by atomic mass is 9.96. The lowest BCUT2D eigenvalue weighted by Crippen LogP contribution is -2.48. The molecule has 0 spiro atoms. The van der Waals surface area contributed by atoms with Gasteiger partial charge >= 0.3 is 6.03 Å². The number of nitrogens with zero attached hydrogens (tertiary/aromatic N) is 1. The standard InChI is InChI=1S/C14H25N3O4/c1-10(2)15-14(19)16-12(18)9-17-5-3-11(4-6-17)13-20-7-8-21-13/h10-11,13H,3-9H2,1-2H3,(H2,15,16,18,19). The zero-order valence-corrected chi connectivity index (χ0v) is 12.8. The molecule has 0 atom stereocenters. The number of carbonyl (C=O) groups excluding carboxylic acids is 2. The minimum atomic E-state index is -0.433. The van der Waals surface area contributed by atoms with Crippen molar-refractivity contribution in [3.05, 3.63) is 0 Å². The van der Waals surface area contributed by atoms with Crippen LogP contribution in [0.15, 0.2) is 0 Å². The number of piperidine rings is 1. The van der Waals surface area contributed by atoms with E-state index in [0.717, 1.165) is 25.9 Å². The van der Waals surface area contributed by atoms with Gasteiger partial charge in [-0.25, -0.2) is 4.79 Å². The third kappa shape index (κ3) is 5.26. The first-order valence-corrected chi connectivity index (χ1v) is 7.60. The molecule has 0 radical (unpaired) electrons. The van der Waals surface area contributed by atoms with Gasteiger partial charge in [-0.15, -0.1) is 0 Å². The van der Waals surface area contributed by atoms with E-state index in [9.17, 15) is 9.59 Å². The fraction of sp³-hybridized carbons (Fsp3) is 0.857. The van der Waals surface area contributed by atoms with Gasteiger partial charge in [0.15, 0.2) is 6.29 Å². The van der Waals surface area contributed by atoms with Crippen LogP contribution in [0.5, 0.6) is 0 Å². The van der Waals surface area contributed by atoms with Crippen LogP contribution in [0.25, 0.3) is 0 Å². The Balaban J connectivity index is 1.65. The van der Waals surface area contributed by atoms with Crippen molar-refractivity contribution < 1.29 is 19.1 Å². The number of ether oxygens (including phenoxy) is 2. The van der Waals surface area contributed by atoms with Gasteiger partial charge in [0.1, 0.15) is 0 Å². The Morgan fingerprint density at radius 1 is 1.19 bits per heavy atom. The van der Waals surface area contributed by atoms with Crippen LogP contribution in [0, 0.1) is 5.92 Å². The fourth-order valence-electron chi connectivity index (χ4n) is 2.70. The normalized spacial score (nSPS) is 21.7. The van der Waals surface area contributed by atoms with E-state index < -0.39 is 6.03 Å². The predicted molar refractivity (Wildman–Crippen MR) is 76.7 cm³/mol. The SMILES string of the molecule is CC(C)NC(=O)NC(=O)CN1CCC(C2OCCO2)CC1. The first-order valence-electron chi connectivity index (χ1n) is 7.60. The van der Waals surface area contributed by atoms with Crippen molar-refractivity contribution in [2.75, 3.05) is 32.8 Å². The summed E-state index contributed by atoms with van der Waals surface area (Å²) in [5.74, 6) is 0.149. The minimum absolute atomic E-state index is 0.0138. The summed E-state index contributed by atoms with van der Waals surface area (Å²) in [6.45, 7) is 6.96. The second-order valence-corrected chi connectivity index (χ2v) is 5.90. The number of urea groups is 1. The van der Waals surface area contributed by atoms with E-state index in [0.29, 0.717) is 19.1 Å². The van der Waals surface area contributed by atoms with E-state index in [2.05, 4.69) is 15.5 Å². The Bertz CT molecular complexity index is 361. The maximum Gasteiger partial charge on any atom is 0.321 e. The molecule has 0 bridgehead atoms. The van der Waals surface area contributed by atoms with E-state index >= 15 is 0 Å². The maximum atomic E-state index is 11.8. The van der Waals surface area contributed by atoms with Crippen LogP contribution in [-0.4, -0.2) is 62.0 Å². The predicted octanol–water partition coefficient (Wildman–Crippen LogP) is 0.306. The summed E-state index contributed by atoms with van der Waals surface area (Å²) in [6, 6.07) is -0.419. The summed E-state index contributed by atoms with van der Waals surface area (Å²) in [4.78, 5) is 25.3. The average molecular weight is 299 g/mol. The first kappa shape index (κ1) is 16.2. The second-order valence-electron chi connectivity index (χ2n) is 5.90. The molecule has 21 heavy (non-hydrogen) atoms. The van der Waals surface area contributed by atoms with Crippen molar-refractivity contribution in [2.45, 2.75) is 39.0 Å². The number of amides is 3. The number of hydrogen-bond acceptors (Lipinski definition) is 5. The third-order valence-corrected chi connectivity index (χ3v) is 3.70. The van der Waals surface area contributed by atoms with Gasteiger partial charge in [0, 0.05) is 12.0 Å². The molecular formula is C14H25N3O4. The quantitative estimate of drug-likeness (QED) is 0.781. The Kier molecular flexibility index (Phi) is 5.96. The van der Waals surface area contributed by atoms with Crippen molar-refractivity contribution in [1.82, 2.24) is 15.5 Å². The van der Waals surface area contributed by atoms with Gasteiger partial charge < -0.3 is 14.8 Å². The monoisotopic (exact) mass is 299 g/mol. The van der Waals surface area contributed by atoms with E-state index in [1.54, 1.807) is 0 Å². The topological polar surface area (TPSA) is 79.9 Å². The Morgan fingerprint density at radius 3 is 2.38 bits per heavy atom. The highest BCUT2D eigenvalue weighted by atomic mass is 16.7. The van der Waals surface area contributed by atoms with Crippen LogP contribution in [-0.2, 0) is 14.3 Å². The highest BCUT2D eigenvalue weighted by Gasteiger charge is 2.30. The average Bonchev–Trinajstić information content (AvgIpc) is 2.92. The Labute approximate surface area is 125 Å². The minimum Gasteiger partial charge on any atom is -0.350 e. The molecule has 2 N–H and O–H groups in total. The molecule has 2 heterocycles. The van der Waals surface area contributed by atoms with Crippen LogP contribution in [0.3, 0.4) is 0 Å². The van der Waals surface area contributed by atoms with Gasteiger partial charge in [-0.05, 0) is 39.8 Å². The van der Waals surface area contributed by atoms with Gasteiger partial charge in [0.2, 0.25) is 5.91 Å². The molecule has 2 saturated heterocycles. The summed E-state index contributed by atoms with van der Waals surface area (Å²) in [5.41, 5.74) is 0. The number of rotatable bonds is 4. The molecule has 0 unspecified atom stereocenters. The molecule has 0 saturated carbocycles. The van der Waals surface area contributed by atoms with Crippen molar-refractivity contribution >= 4 is 11.9 Å². The molecule has 7 nitrogen and oxygen atoms in total. The summed E-state index contributed by atoms with van der Waals surface area (Å²) >= 11 is 0. The number of nitrogens with one attached hydrogen (secondary N) is 2. The molecule has 0 aromatic rings. The van der Waals surface area contributed by atoms with Gasteiger partial charge in [-0.2, -0.15) is 0 Å². The van der Waals surface area contributed by atoms with Gasteiger partial charge in [0.05, 0.1) is 19.8 Å². The van der Waals surface area contributed by atoms with Crippen LogP contribution >= 0.6 is 0 Å². The molecule has 2 aliphatic heterocycles. The second kappa shape index (κ2) is 7.72. The van der Waals surface area contributed by atoms with E-state index in [4.69, 9.17) is 9.47 Å². The van der Waals surface area contributed by atoms with Crippen LogP contribution in [0.2, 0.25) is 0 Å². The molecule has 0 aliphatic carbocycles. The van der Waals surface area contributed by atoms with Crippen molar-refractivity contribution in [1.29, 1.82) is 0 Å². The lowest BCUT2D eigenvalue weighted by molar-refractivity contribution is -0.122. The summed E-state index contributed by atoms with van der Waals surface area (Å²) in [5, 5.41) is 4.98. The molecule has 2 rings (SSSR count). The Hall–Kier alpha value is -1.18. The highest BCUT2D eigenvalue weighted by Crippen LogP contribution is 2.25. The van der Waals surface area contributed by atoms with Crippen LogP contribution < -0.4 is 10.6 Å². The largest absolute Gasteiger partial charge is 0.350 e. The Morgan fingerprint density at radius 2 is 1.81 bits per heavy atom. The molecule has 2 aliphatic rings. The number of likely N-dealkylation sites (tertiary alicyclic amines) is 1. The lowest BCUT2D eigenvalue weighted by Gasteiger charge is -2.33. The van der Waals surface area contributed by atoms with E-state index in [1.807, 2.05) is 13.8 Å². The molecule has 120 valence electrons. The third-order valence-electron chi connectivity index (χ3n) is 3.70. The summed E-state index contributed by atoms with van der Waals surface area (Å²) in [7, 11) is 0. The molecule has 0 aromatic carbocycles. The van der Waals surface area contributed by atoms with E-state index in [-0.39, 0.29) is 24.8 Å². The molecule has 2 fully saturated rings. The maximum absolute atomic E-state index is 11.8. The highest BCUT2D eigenvalue weighted by molar-refractivity contribution is 5.95. The summed E-state index contributed by atoms with van der Waals surface area (Å²) < 4.78 is 11.1. The molecular weight excluding hydrogens is 274 g/mol. The molecule has 0 aromatic heterocycles. The zero-order chi connectivity index (χ0) is 15.2. The number of carbonyl (C=O) groups is 2. The van der Waals surface area contributed by atoms with Crippen molar-refractivity contribution in [3.8, 4) is 0 Å². The van der Waals surface area contributed by atoms with Gasteiger partial charge in [0.25, 0.3) is 0 Å². The summed E-state index contributed by atoms with van der Waals surface area (Å²) in [6.07, 6.45) is 1.84. The van der Waals surface area contributed by atoms with E-state index in [1.165, 1.54) is 0 Å². The van der Waals surface area contributed by atoms with Crippen LogP contribution in [0.4, 0.5) is 4.79 Å². The first-order chi connectivity index (χ1) is 10.0. The van der Waals surface area contributed by atoms with Crippen molar-refractivity contribution in [2.24, 2.45) is 5.92 Å². The smallest absolute Gasteiger partial charge is 0.321 e. The van der Waals surface area contributed by atoms with Gasteiger partial charge in [-0.3, -0.25) is 15.0 Å². The number of hydrogen-bond donors (Lipinski definition) is 2. The van der Waals surface area contributed by atoms with Gasteiger partial charge in [-0.1, -0.05) is 0 Å². The fourth-order valence-corrected chi connectivity index (χ4v) is 2.70. The van der Waals surface area contributed by atoms with Crippen LogP contribution in [0.1, 0.15) is 26.7 Å². The van der Waals surface area contributed by atoms with Crippen molar-refractivity contribution in [3.63, 3.8) is 0 Å².